The van der Waals surface area contributed by atoms with E-state index in [-0.39, 0.29) is 5.41 Å². The number of benzene rings is 1. The van der Waals surface area contributed by atoms with Crippen molar-refractivity contribution in [2.75, 3.05) is 6.54 Å². The molecule has 18 heavy (non-hydrogen) atoms. The van der Waals surface area contributed by atoms with Crippen LogP contribution < -0.4 is 5.32 Å². The molecule has 1 heterocycles. The maximum absolute atomic E-state index is 9.97. The van der Waals surface area contributed by atoms with E-state index in [4.69, 9.17) is 0 Å². The molecule has 0 amide bonds. The van der Waals surface area contributed by atoms with Crippen molar-refractivity contribution in [3.63, 3.8) is 0 Å². The van der Waals surface area contributed by atoms with Crippen molar-refractivity contribution in [2.24, 2.45) is 5.92 Å². The molecule has 0 fully saturated rings. The lowest BCUT2D eigenvalue weighted by molar-refractivity contribution is 0.446. The molecule has 1 aromatic rings. The highest BCUT2D eigenvalue weighted by atomic mass is 16.3. The number of hydrogen-bond acceptors (Lipinski definition) is 2. The van der Waals surface area contributed by atoms with Crippen LogP contribution in [0.2, 0.25) is 0 Å². The number of phenolic OH excluding ortho intramolecular Hbond substituents is 1. The van der Waals surface area contributed by atoms with E-state index in [1.165, 1.54) is 11.3 Å². The van der Waals surface area contributed by atoms with Crippen LogP contribution in [0.25, 0.3) is 5.70 Å². The summed E-state index contributed by atoms with van der Waals surface area (Å²) in [6, 6.07) is 5.89. The molecule has 1 aliphatic rings. The first kappa shape index (κ1) is 13.0. The van der Waals surface area contributed by atoms with Gasteiger partial charge in [-0.15, -0.1) is 0 Å². The first-order valence-electron chi connectivity index (χ1n) is 6.66. The summed E-state index contributed by atoms with van der Waals surface area (Å²) < 4.78 is 0. The van der Waals surface area contributed by atoms with E-state index in [2.05, 4.69) is 45.2 Å². The molecule has 2 N–H and O–H groups in total. The van der Waals surface area contributed by atoms with E-state index in [1.807, 2.05) is 6.07 Å². The van der Waals surface area contributed by atoms with Crippen molar-refractivity contribution in [3.8, 4) is 5.75 Å². The van der Waals surface area contributed by atoms with Crippen LogP contribution in [0.3, 0.4) is 0 Å². The van der Waals surface area contributed by atoms with Crippen molar-refractivity contribution in [1.82, 2.24) is 5.32 Å². The van der Waals surface area contributed by atoms with Gasteiger partial charge in [0.1, 0.15) is 5.75 Å². The molecule has 0 radical (unpaired) electrons. The number of rotatable bonds is 1. The second-order valence-corrected chi connectivity index (χ2v) is 6.32. The van der Waals surface area contributed by atoms with Crippen molar-refractivity contribution in [1.29, 1.82) is 0 Å². The zero-order valence-electron chi connectivity index (χ0n) is 11.7. The van der Waals surface area contributed by atoms with Gasteiger partial charge < -0.3 is 10.4 Å². The third-order valence-corrected chi connectivity index (χ3v) is 3.48. The molecule has 0 saturated heterocycles. The minimum atomic E-state index is -0.0391. The van der Waals surface area contributed by atoms with Crippen LogP contribution in [0, 0.1) is 5.92 Å². The second kappa shape index (κ2) is 4.68. The largest absolute Gasteiger partial charge is 0.508 e. The Morgan fingerprint density at radius 3 is 2.56 bits per heavy atom. The van der Waals surface area contributed by atoms with Crippen LogP contribution in [-0.2, 0) is 5.41 Å². The minimum Gasteiger partial charge on any atom is -0.508 e. The average Bonchev–Trinajstić information content (AvgIpc) is 2.29. The maximum Gasteiger partial charge on any atom is 0.119 e. The molecule has 2 heteroatoms. The van der Waals surface area contributed by atoms with Crippen molar-refractivity contribution in [3.05, 3.63) is 35.4 Å². The lowest BCUT2D eigenvalue weighted by atomic mass is 9.85. The summed E-state index contributed by atoms with van der Waals surface area (Å²) in [4.78, 5) is 0. The topological polar surface area (TPSA) is 32.3 Å². The Morgan fingerprint density at radius 1 is 1.28 bits per heavy atom. The summed E-state index contributed by atoms with van der Waals surface area (Å²) in [5.74, 6) is 1.09. The van der Waals surface area contributed by atoms with Gasteiger partial charge in [-0.05, 0) is 47.1 Å². The maximum atomic E-state index is 9.97. The summed E-state index contributed by atoms with van der Waals surface area (Å²) in [6.07, 6.45) is 3.38. The fourth-order valence-corrected chi connectivity index (χ4v) is 2.28. The van der Waals surface area contributed by atoms with Crippen molar-refractivity contribution < 1.29 is 5.11 Å². The van der Waals surface area contributed by atoms with E-state index >= 15 is 0 Å². The Morgan fingerprint density at radius 2 is 2.00 bits per heavy atom. The molecule has 0 aliphatic carbocycles. The third-order valence-electron chi connectivity index (χ3n) is 3.48. The van der Waals surface area contributed by atoms with Gasteiger partial charge in [-0.3, -0.25) is 0 Å². The monoisotopic (exact) mass is 245 g/mol. The molecule has 2 rings (SSSR count). The Labute approximate surface area is 110 Å². The molecule has 0 aromatic heterocycles. The molecule has 1 atom stereocenters. The summed E-state index contributed by atoms with van der Waals surface area (Å²) in [7, 11) is 0. The van der Waals surface area contributed by atoms with Crippen LogP contribution in [0.5, 0.6) is 5.75 Å². The first-order valence-corrected chi connectivity index (χ1v) is 6.66. The number of aromatic hydroxyl groups is 1. The SMILES string of the molecule is CC1CC=C(c2ccc(O)c(C(C)(C)C)c2)NC1. The predicted octanol–water partition coefficient (Wildman–Crippen LogP) is 3.66. The van der Waals surface area contributed by atoms with E-state index in [1.54, 1.807) is 6.07 Å². The van der Waals surface area contributed by atoms with Crippen LogP contribution >= 0.6 is 0 Å². The summed E-state index contributed by atoms with van der Waals surface area (Å²) in [5.41, 5.74) is 3.33. The number of phenols is 1. The fourth-order valence-electron chi connectivity index (χ4n) is 2.28. The molecule has 1 aromatic carbocycles. The number of nitrogens with one attached hydrogen (secondary N) is 1. The Kier molecular flexibility index (Phi) is 3.38. The quantitative estimate of drug-likeness (QED) is 0.791. The molecular formula is C16H23NO. The number of allylic oxidation sites excluding steroid dienone is 1. The second-order valence-electron chi connectivity index (χ2n) is 6.32. The summed E-state index contributed by atoms with van der Waals surface area (Å²) in [5, 5.41) is 13.4. The fraction of sp³-hybridized carbons (Fsp3) is 0.500. The van der Waals surface area contributed by atoms with E-state index in [0.717, 1.165) is 18.5 Å². The summed E-state index contributed by atoms with van der Waals surface area (Å²) >= 11 is 0. The lowest BCUT2D eigenvalue weighted by Crippen LogP contribution is -2.24. The molecule has 1 unspecified atom stereocenters. The predicted molar refractivity (Wildman–Crippen MR) is 76.6 cm³/mol. The van der Waals surface area contributed by atoms with Crippen LogP contribution in [-0.4, -0.2) is 11.7 Å². The average molecular weight is 245 g/mol. The van der Waals surface area contributed by atoms with Crippen molar-refractivity contribution >= 4 is 5.70 Å². The van der Waals surface area contributed by atoms with Crippen LogP contribution in [0.15, 0.2) is 24.3 Å². The first-order chi connectivity index (χ1) is 8.38. The van der Waals surface area contributed by atoms with Crippen LogP contribution in [0.1, 0.15) is 45.2 Å². The normalized spacial score (nSPS) is 20.2. The van der Waals surface area contributed by atoms with Crippen molar-refractivity contribution in [2.45, 2.75) is 39.5 Å². The van der Waals surface area contributed by atoms with Gasteiger partial charge in [0.15, 0.2) is 0 Å². The molecular weight excluding hydrogens is 222 g/mol. The van der Waals surface area contributed by atoms with E-state index in [0.29, 0.717) is 11.7 Å². The van der Waals surface area contributed by atoms with Gasteiger partial charge >= 0.3 is 0 Å². The van der Waals surface area contributed by atoms with E-state index < -0.39 is 0 Å². The summed E-state index contributed by atoms with van der Waals surface area (Å²) in [6.45, 7) is 9.64. The molecule has 98 valence electrons. The molecule has 0 spiro atoms. The van der Waals surface area contributed by atoms with Gasteiger partial charge in [0.2, 0.25) is 0 Å². The third kappa shape index (κ3) is 2.69. The Balaban J connectivity index is 2.36. The van der Waals surface area contributed by atoms with Gasteiger partial charge in [0, 0.05) is 12.2 Å². The zero-order chi connectivity index (χ0) is 13.3. The lowest BCUT2D eigenvalue weighted by Gasteiger charge is -2.24. The number of hydrogen-bond donors (Lipinski definition) is 2. The Bertz CT molecular complexity index is 468. The zero-order valence-corrected chi connectivity index (χ0v) is 11.7. The standard InChI is InChI=1S/C16H23NO/c1-11-5-7-14(17-10-11)12-6-8-15(18)13(9-12)16(2,3)4/h6-9,11,17-18H,5,10H2,1-4H3. The van der Waals surface area contributed by atoms with Gasteiger partial charge in [0.25, 0.3) is 0 Å². The highest BCUT2D eigenvalue weighted by molar-refractivity contribution is 5.66. The Hall–Kier alpha value is -1.44. The van der Waals surface area contributed by atoms with Gasteiger partial charge in [-0.2, -0.15) is 0 Å². The molecule has 0 saturated carbocycles. The molecule has 1 aliphatic heterocycles. The van der Waals surface area contributed by atoms with Gasteiger partial charge in [0.05, 0.1) is 0 Å². The van der Waals surface area contributed by atoms with Gasteiger partial charge in [-0.25, -0.2) is 0 Å². The minimum absolute atomic E-state index is 0.0391. The highest BCUT2D eigenvalue weighted by Crippen LogP contribution is 2.33. The smallest absolute Gasteiger partial charge is 0.119 e. The van der Waals surface area contributed by atoms with E-state index in [9.17, 15) is 5.11 Å². The molecule has 2 nitrogen and oxygen atoms in total. The van der Waals surface area contributed by atoms with Gasteiger partial charge in [-0.1, -0.05) is 33.8 Å². The highest BCUT2D eigenvalue weighted by Gasteiger charge is 2.19. The molecule has 0 bridgehead atoms. The van der Waals surface area contributed by atoms with Crippen LogP contribution in [0.4, 0.5) is 0 Å².